The van der Waals surface area contributed by atoms with Crippen LogP contribution >= 0.6 is 0 Å². The topological polar surface area (TPSA) is 20.3 Å². The van der Waals surface area contributed by atoms with Gasteiger partial charge in [0.2, 0.25) is 0 Å². The van der Waals surface area contributed by atoms with Gasteiger partial charge in [-0.1, -0.05) is 6.07 Å². The van der Waals surface area contributed by atoms with Crippen molar-refractivity contribution >= 4 is 12.0 Å². The largest absolute Gasteiger partial charge is 0.368 e. The second-order valence-corrected chi connectivity index (χ2v) is 5.59. The maximum absolute atomic E-state index is 14.0. The lowest BCUT2D eigenvalue weighted by Gasteiger charge is -2.26. The number of carbonyl (C=O) groups is 1. The van der Waals surface area contributed by atoms with Crippen LogP contribution in [0.2, 0.25) is 0 Å². The van der Waals surface area contributed by atoms with Crippen LogP contribution in [0.4, 0.5) is 10.1 Å². The van der Waals surface area contributed by atoms with Crippen LogP contribution in [0.3, 0.4) is 0 Å². The van der Waals surface area contributed by atoms with Gasteiger partial charge in [0.1, 0.15) is 5.82 Å². The Morgan fingerprint density at radius 2 is 1.78 bits per heavy atom. The summed E-state index contributed by atoms with van der Waals surface area (Å²) in [5.74, 6) is 1.13. The first-order chi connectivity index (χ1) is 8.78. The number of aldehydes is 1. The summed E-state index contributed by atoms with van der Waals surface area (Å²) in [5.41, 5.74) is 1.00. The molecule has 2 aliphatic rings. The summed E-state index contributed by atoms with van der Waals surface area (Å²) >= 11 is 0. The van der Waals surface area contributed by atoms with Gasteiger partial charge >= 0.3 is 0 Å². The summed E-state index contributed by atoms with van der Waals surface area (Å²) in [6, 6.07) is 4.77. The van der Waals surface area contributed by atoms with Gasteiger partial charge in [-0.25, -0.2) is 4.39 Å². The molecular formula is C15H18FNO. The van der Waals surface area contributed by atoms with Gasteiger partial charge in [-0.15, -0.1) is 0 Å². The fourth-order valence-electron chi connectivity index (χ4n) is 2.44. The number of benzene rings is 1. The Morgan fingerprint density at radius 3 is 2.28 bits per heavy atom. The Kier molecular flexibility index (Phi) is 3.06. The van der Waals surface area contributed by atoms with E-state index in [9.17, 15) is 9.18 Å². The van der Waals surface area contributed by atoms with Gasteiger partial charge in [0.15, 0.2) is 6.29 Å². The summed E-state index contributed by atoms with van der Waals surface area (Å²) < 4.78 is 14.0. The van der Waals surface area contributed by atoms with Gasteiger partial charge in [-0.3, -0.25) is 4.79 Å². The van der Waals surface area contributed by atoms with Crippen LogP contribution in [-0.4, -0.2) is 19.4 Å². The molecule has 0 spiro atoms. The van der Waals surface area contributed by atoms with Gasteiger partial charge in [-0.2, -0.15) is 0 Å². The van der Waals surface area contributed by atoms with Crippen molar-refractivity contribution in [1.82, 2.24) is 0 Å². The summed E-state index contributed by atoms with van der Waals surface area (Å²) in [5, 5.41) is 0. The number of hydrogen-bond acceptors (Lipinski definition) is 2. The quantitative estimate of drug-likeness (QED) is 0.719. The first-order valence-electron chi connectivity index (χ1n) is 6.76. The van der Waals surface area contributed by atoms with Crippen molar-refractivity contribution in [2.45, 2.75) is 25.7 Å². The highest BCUT2D eigenvalue weighted by Crippen LogP contribution is 2.37. The number of halogens is 1. The van der Waals surface area contributed by atoms with Crippen molar-refractivity contribution in [2.75, 3.05) is 18.0 Å². The van der Waals surface area contributed by atoms with E-state index in [1.54, 1.807) is 12.1 Å². The lowest BCUT2D eigenvalue weighted by molar-refractivity contribution is 0.112. The summed E-state index contributed by atoms with van der Waals surface area (Å²) in [6.45, 7) is 1.80. The molecule has 3 rings (SSSR count). The number of para-hydroxylation sites is 1. The molecule has 2 aliphatic carbocycles. The Morgan fingerprint density at radius 1 is 1.17 bits per heavy atom. The Balaban J connectivity index is 1.88. The Hall–Kier alpha value is -1.38. The molecule has 0 N–H and O–H groups in total. The molecule has 0 unspecified atom stereocenters. The van der Waals surface area contributed by atoms with Crippen LogP contribution in [-0.2, 0) is 0 Å². The highest BCUT2D eigenvalue weighted by Gasteiger charge is 2.31. The molecule has 0 amide bonds. The molecule has 3 heteroatoms. The molecule has 18 heavy (non-hydrogen) atoms. The molecule has 0 saturated heterocycles. The van der Waals surface area contributed by atoms with Crippen LogP contribution in [0.15, 0.2) is 18.2 Å². The molecule has 0 aliphatic heterocycles. The fraction of sp³-hybridized carbons (Fsp3) is 0.533. The van der Waals surface area contributed by atoms with E-state index in [4.69, 9.17) is 0 Å². The highest BCUT2D eigenvalue weighted by molar-refractivity contribution is 5.84. The second-order valence-electron chi connectivity index (χ2n) is 5.59. The van der Waals surface area contributed by atoms with E-state index in [1.807, 2.05) is 0 Å². The van der Waals surface area contributed by atoms with Gasteiger partial charge in [0.25, 0.3) is 0 Å². The minimum Gasteiger partial charge on any atom is -0.368 e. The minimum absolute atomic E-state index is 0.263. The number of anilines is 1. The average molecular weight is 247 g/mol. The van der Waals surface area contributed by atoms with Crippen LogP contribution in [0.5, 0.6) is 0 Å². The maximum Gasteiger partial charge on any atom is 0.152 e. The predicted octanol–water partition coefficient (Wildman–Crippen LogP) is 3.26. The molecule has 0 heterocycles. The third-order valence-electron chi connectivity index (χ3n) is 3.81. The average Bonchev–Trinajstić information content (AvgIpc) is 3.23. The van der Waals surface area contributed by atoms with Crippen molar-refractivity contribution in [1.29, 1.82) is 0 Å². The third-order valence-corrected chi connectivity index (χ3v) is 3.81. The number of hydrogen-bond donors (Lipinski definition) is 0. The zero-order valence-electron chi connectivity index (χ0n) is 10.4. The highest BCUT2D eigenvalue weighted by atomic mass is 19.1. The van der Waals surface area contributed by atoms with E-state index in [0.717, 1.165) is 19.4 Å². The smallest absolute Gasteiger partial charge is 0.152 e. The SMILES string of the molecule is O=Cc1cccc(F)c1N(CC1CC1)CC1CC1. The van der Waals surface area contributed by atoms with Crippen molar-refractivity contribution in [2.24, 2.45) is 11.8 Å². The van der Waals surface area contributed by atoms with Crippen molar-refractivity contribution in [3.8, 4) is 0 Å². The van der Waals surface area contributed by atoms with E-state index in [2.05, 4.69) is 4.90 Å². The van der Waals surface area contributed by atoms with E-state index >= 15 is 0 Å². The predicted molar refractivity (Wildman–Crippen MR) is 69.4 cm³/mol. The lowest BCUT2D eigenvalue weighted by Crippen LogP contribution is -2.30. The molecule has 0 aromatic heterocycles. The fourth-order valence-corrected chi connectivity index (χ4v) is 2.44. The maximum atomic E-state index is 14.0. The number of nitrogens with zero attached hydrogens (tertiary/aromatic N) is 1. The van der Waals surface area contributed by atoms with Crippen molar-refractivity contribution in [3.05, 3.63) is 29.6 Å². The molecule has 0 atom stereocenters. The van der Waals surface area contributed by atoms with Gasteiger partial charge in [-0.05, 0) is 49.7 Å². The van der Waals surface area contributed by atoms with E-state index in [1.165, 1.54) is 31.7 Å². The van der Waals surface area contributed by atoms with Gasteiger partial charge in [0.05, 0.1) is 5.69 Å². The molecule has 1 aromatic carbocycles. The van der Waals surface area contributed by atoms with Crippen LogP contribution in [0.25, 0.3) is 0 Å². The standard InChI is InChI=1S/C15H18FNO/c16-14-3-1-2-13(10-18)15(14)17(8-11-4-5-11)9-12-6-7-12/h1-3,10-12H,4-9H2. The molecule has 0 radical (unpaired) electrons. The van der Waals surface area contributed by atoms with Crippen molar-refractivity contribution < 1.29 is 9.18 Å². The molecule has 2 nitrogen and oxygen atoms in total. The lowest BCUT2D eigenvalue weighted by atomic mass is 10.1. The molecule has 1 aromatic rings. The molecule has 2 fully saturated rings. The molecular weight excluding hydrogens is 229 g/mol. The van der Waals surface area contributed by atoms with Crippen LogP contribution in [0, 0.1) is 17.7 Å². The van der Waals surface area contributed by atoms with Gasteiger partial charge < -0.3 is 4.90 Å². The summed E-state index contributed by atoms with van der Waals surface area (Å²) in [6.07, 6.45) is 5.74. The van der Waals surface area contributed by atoms with Crippen LogP contribution in [0.1, 0.15) is 36.0 Å². The molecule has 2 saturated carbocycles. The summed E-state index contributed by atoms with van der Waals surface area (Å²) in [4.78, 5) is 13.2. The first-order valence-corrected chi connectivity index (χ1v) is 6.76. The minimum atomic E-state index is -0.263. The normalized spacial score (nSPS) is 18.7. The van der Waals surface area contributed by atoms with Crippen LogP contribution < -0.4 is 4.90 Å². The van der Waals surface area contributed by atoms with Crippen molar-refractivity contribution in [3.63, 3.8) is 0 Å². The van der Waals surface area contributed by atoms with Gasteiger partial charge in [0, 0.05) is 18.7 Å². The summed E-state index contributed by atoms with van der Waals surface area (Å²) in [7, 11) is 0. The van der Waals surface area contributed by atoms with E-state index in [0.29, 0.717) is 23.1 Å². The Labute approximate surface area is 107 Å². The zero-order valence-corrected chi connectivity index (χ0v) is 10.4. The third kappa shape index (κ3) is 2.55. The van der Waals surface area contributed by atoms with E-state index < -0.39 is 0 Å². The zero-order chi connectivity index (χ0) is 12.5. The Bertz CT molecular complexity index is 438. The number of carbonyl (C=O) groups excluding carboxylic acids is 1. The number of rotatable bonds is 6. The second kappa shape index (κ2) is 4.71. The monoisotopic (exact) mass is 247 g/mol. The molecule has 0 bridgehead atoms. The first kappa shape index (κ1) is 11.7. The molecule has 96 valence electrons. The van der Waals surface area contributed by atoms with E-state index in [-0.39, 0.29) is 5.82 Å².